The van der Waals surface area contributed by atoms with Crippen LogP contribution < -0.4 is 99.1 Å². The third-order valence-corrected chi connectivity index (χ3v) is 27.1. The van der Waals surface area contributed by atoms with Gasteiger partial charge in [0.05, 0.1) is 74.4 Å². The minimum absolute atomic E-state index is 0. The molecule has 16 aromatic carbocycles. The number of hydrogen-bond donors (Lipinski definition) is 2. The van der Waals surface area contributed by atoms with Crippen molar-refractivity contribution in [2.24, 2.45) is 0 Å². The maximum absolute atomic E-state index is 2.75. The predicted octanol–water partition coefficient (Wildman–Crippen LogP) is 9.65. The number of halogens is 10. The summed E-state index contributed by atoms with van der Waals surface area (Å²) in [5.74, 6) is 0. The molecule has 112 heavy (non-hydrogen) atoms. The van der Waals surface area contributed by atoms with Crippen LogP contribution in [0.25, 0.3) is 65.3 Å². The number of hydrogen-bond acceptors (Lipinski definition) is 2. The average molecular weight is 2110 g/mol. The first-order valence-corrected chi connectivity index (χ1v) is 38.8. The van der Waals surface area contributed by atoms with Gasteiger partial charge < -0.3 is 35.4 Å². The fraction of sp³-hybridized carbons (Fsp3) is 0.0435. The van der Waals surface area contributed by atoms with Gasteiger partial charge in [0.15, 0.2) is 0 Å². The van der Waals surface area contributed by atoms with E-state index in [4.69, 9.17) is 0 Å². The van der Waals surface area contributed by atoms with E-state index >= 15 is 0 Å². The summed E-state index contributed by atoms with van der Waals surface area (Å²) in [6.45, 7) is 0. The van der Waals surface area contributed by atoms with Gasteiger partial charge in [-0.05, 0) is 189 Å². The van der Waals surface area contributed by atoms with Gasteiger partial charge in [-0.15, -0.1) is 24.8 Å². The fourth-order valence-corrected chi connectivity index (χ4v) is 23.1. The summed E-state index contributed by atoms with van der Waals surface area (Å²) < 4.78 is 0. The van der Waals surface area contributed by atoms with Gasteiger partial charge in [0.25, 0.3) is 0 Å². The average Bonchev–Trinajstić information content (AvgIpc) is 0.738. The van der Waals surface area contributed by atoms with Crippen LogP contribution in [0.15, 0.2) is 388 Å². The van der Waals surface area contributed by atoms with Crippen molar-refractivity contribution in [2.45, 2.75) is 0 Å². The molecule has 0 amide bonds. The number of benzene rings is 16. The van der Waals surface area contributed by atoms with E-state index in [1.54, 1.807) is 0 Å². The van der Waals surface area contributed by atoms with Gasteiger partial charge >= 0.3 is 0 Å². The van der Waals surface area contributed by atoms with Crippen molar-refractivity contribution in [3.63, 3.8) is 0 Å². The summed E-state index contributed by atoms with van der Waals surface area (Å²) in [6, 6.07) is 144. The molecule has 2 nitrogen and oxygen atoms in total. The van der Waals surface area contributed by atoms with E-state index in [1.807, 2.05) is 28.2 Å². The number of rotatable bonds is 14. The molecule has 0 saturated carbocycles. The normalized spacial score (nSPS) is 9.71. The maximum atomic E-state index is 2.75. The van der Waals surface area contributed by atoms with E-state index in [1.165, 1.54) is 129 Å². The molecule has 588 valence electrons. The van der Waals surface area contributed by atoms with Gasteiger partial charge in [-0.1, -0.05) is 388 Å². The van der Waals surface area contributed by atoms with Crippen LogP contribution in [0, 0.1) is 74.4 Å². The molecule has 2 N–H and O–H groups in total. The third-order valence-electron chi connectivity index (χ3n) is 17.2. The van der Waals surface area contributed by atoms with Crippen LogP contribution in [-0.2, 0) is 77.9 Å². The van der Waals surface area contributed by atoms with E-state index < -0.39 is 31.7 Å². The van der Waals surface area contributed by atoms with Gasteiger partial charge in [0.1, 0.15) is 0 Å². The summed E-state index contributed by atoms with van der Waals surface area (Å²) in [5, 5.41) is 32.2. The molecule has 0 spiro atoms. The monoisotopic (exact) mass is 2110 g/mol. The molecule has 0 heterocycles. The topological polar surface area (TPSA) is 24.1 Å². The largest absolute Gasteiger partial charge is 1.00 e. The van der Waals surface area contributed by atoms with Gasteiger partial charge in [-0.2, -0.15) is 0 Å². The van der Waals surface area contributed by atoms with Gasteiger partial charge in [-0.3, -0.25) is 0 Å². The van der Waals surface area contributed by atoms with Crippen molar-refractivity contribution >= 4 is 163 Å². The Morgan fingerprint density at radius 3 is 0.420 bits per heavy atom. The molecule has 0 unspecified atom stereocenters. The van der Waals surface area contributed by atoms with Crippen LogP contribution in [0.5, 0.6) is 0 Å². The third kappa shape index (κ3) is 25.8. The Kier molecular flexibility index (Phi) is 54.9. The van der Waals surface area contributed by atoms with Crippen molar-refractivity contribution in [3.05, 3.63) is 388 Å². The summed E-state index contributed by atoms with van der Waals surface area (Å²) in [4.78, 5) is 0. The molecule has 0 bridgehead atoms. The molecule has 0 fully saturated rings. The molecule has 0 aliphatic heterocycles. The Bertz CT molecular complexity index is 4460. The molecule has 0 aromatic heterocycles. The summed E-state index contributed by atoms with van der Waals surface area (Å²) in [7, 11) is 4.09. The second-order valence-electron chi connectivity index (χ2n) is 23.7. The minimum Gasteiger partial charge on any atom is -1.00 e. The molecular formula is C92H92Cl10N2P4Ru4+4. The Morgan fingerprint density at radius 1 is 0.170 bits per heavy atom. The second kappa shape index (κ2) is 56.1. The summed E-state index contributed by atoms with van der Waals surface area (Å²) in [5.41, 5.74) is 5.40. The molecular weight excluding hydrogens is 2020 g/mol. The van der Waals surface area contributed by atoms with E-state index in [-0.39, 0.29) is 202 Å². The van der Waals surface area contributed by atoms with Crippen molar-refractivity contribution in [2.75, 3.05) is 28.2 Å². The molecule has 20 heteroatoms. The standard InChI is InChI=1S/2C44H32P2.2C2H7N.6ClH2.4ClH.4Ru/c2*1-5-19-35(20-6-1)45(36-21-7-2-8-22-36)41-31-29-33-17-13-15-27-39(33)43(41)44-40-28-16-14-18-34(40)30-32-42(44)46(37-23-9-3-10-24-37)38-25-11-4-12-26-38;2*1-3-2;;;;;;;;;;;;;;/h2*1-32H;2*3H,1-2H3;6*1H2;4*1H;;;;/q;;;;6*+1;;;;;;;;/p-2. The molecule has 16 aromatic rings. The van der Waals surface area contributed by atoms with Crippen molar-refractivity contribution < 1.29 is 177 Å². The van der Waals surface area contributed by atoms with Gasteiger partial charge in [-0.25, -0.2) is 0 Å². The van der Waals surface area contributed by atoms with E-state index in [2.05, 4.69) is 399 Å². The first kappa shape index (κ1) is 110. The first-order chi connectivity index (χ1) is 48.6. The van der Waals surface area contributed by atoms with E-state index in [9.17, 15) is 0 Å². The molecule has 0 aliphatic rings. The van der Waals surface area contributed by atoms with E-state index in [0.717, 1.165) is 0 Å². The molecule has 0 saturated heterocycles. The van der Waals surface area contributed by atoms with Gasteiger partial charge in [0, 0.05) is 77.9 Å². The smallest absolute Gasteiger partial charge is 0.0903 e. The Labute approximate surface area is 780 Å². The SMILES string of the molecule is CNC.CNC.Cl.Cl.[Cl-].[Cl-].[ClH2+].[ClH2+].[ClH2+].[ClH2+].[ClH2+].[ClH2+].[Ru].[Ru].[Ru].[Ru].c1ccc(P(c2ccccc2)c2ccc3ccccc3c2-c2c(P(c3ccccc3)c3ccccc3)ccc3ccccc23)cc1.c1ccc(P(c2ccccc2)c2ccc3ccccc3c2-c2c(P(c3ccccc3)c3ccccc3)ccc3ccccc23)cc1. The van der Waals surface area contributed by atoms with Crippen LogP contribution in [0.4, 0.5) is 0 Å². The van der Waals surface area contributed by atoms with Crippen LogP contribution in [0.1, 0.15) is 0 Å². The quantitative estimate of drug-likeness (QED) is 0.0839. The Balaban J connectivity index is 0. The fourth-order valence-electron chi connectivity index (χ4n) is 13.2. The Morgan fingerprint density at radius 2 is 0.286 bits per heavy atom. The zero-order chi connectivity index (χ0) is 66.8. The molecule has 0 aliphatic carbocycles. The zero-order valence-corrected chi connectivity index (χ0v) is 80.5. The Hall–Kier alpha value is -4.41. The van der Waals surface area contributed by atoms with Crippen molar-refractivity contribution in [1.29, 1.82) is 0 Å². The van der Waals surface area contributed by atoms with Crippen LogP contribution >= 0.6 is 56.5 Å². The van der Waals surface area contributed by atoms with Crippen molar-refractivity contribution in [1.82, 2.24) is 10.6 Å². The minimum atomic E-state index is -0.852. The van der Waals surface area contributed by atoms with Crippen molar-refractivity contribution in [3.8, 4) is 22.3 Å². The molecule has 0 radical (unpaired) electrons. The summed E-state index contributed by atoms with van der Waals surface area (Å²) in [6.07, 6.45) is 0. The zero-order valence-electron chi connectivity index (χ0n) is 61.4. The predicted molar refractivity (Wildman–Crippen MR) is 470 cm³/mol. The first-order valence-electron chi connectivity index (χ1n) is 33.4. The number of nitrogens with one attached hydrogen (secondary N) is 2. The van der Waals surface area contributed by atoms with Gasteiger partial charge in [0.2, 0.25) is 0 Å². The van der Waals surface area contributed by atoms with E-state index in [0.29, 0.717) is 0 Å². The van der Waals surface area contributed by atoms with Crippen LogP contribution in [0.2, 0.25) is 0 Å². The maximum Gasteiger partial charge on any atom is 0.0903 e. The molecule has 0 atom stereocenters. The second-order valence-corrected chi connectivity index (χ2v) is 32.5. The van der Waals surface area contributed by atoms with Crippen LogP contribution in [-0.4, -0.2) is 28.2 Å². The number of fused-ring (bicyclic) bond motifs is 4. The summed E-state index contributed by atoms with van der Waals surface area (Å²) >= 11 is 0. The molecule has 16 rings (SSSR count). The van der Waals surface area contributed by atoms with Crippen LogP contribution in [0.3, 0.4) is 0 Å².